The lowest BCUT2D eigenvalue weighted by Crippen LogP contribution is -2.28. The van der Waals surface area contributed by atoms with Gasteiger partial charge in [-0.1, -0.05) is 42.5 Å². The normalized spacial score (nSPS) is 11.0. The number of hydrogen-bond acceptors (Lipinski definition) is 8. The highest BCUT2D eigenvalue weighted by Gasteiger charge is 2.24. The monoisotopic (exact) mass is 528 g/mol. The molecule has 5 aromatic rings. The van der Waals surface area contributed by atoms with Crippen LogP contribution >= 0.6 is 0 Å². The molecule has 39 heavy (non-hydrogen) atoms. The van der Waals surface area contributed by atoms with Gasteiger partial charge >= 0.3 is 0 Å². The van der Waals surface area contributed by atoms with Crippen molar-refractivity contribution in [2.75, 3.05) is 20.8 Å². The number of hydrogen-bond donors (Lipinski definition) is 1. The summed E-state index contributed by atoms with van der Waals surface area (Å²) < 4.78 is 13.3. The Bertz CT molecular complexity index is 1770. The van der Waals surface area contributed by atoms with E-state index < -0.39 is 16.5 Å². The number of methoxy groups -OCH3 is 2. The van der Waals surface area contributed by atoms with Gasteiger partial charge in [-0.05, 0) is 16.3 Å². The summed E-state index contributed by atoms with van der Waals surface area (Å²) in [7, 11) is 2.72. The van der Waals surface area contributed by atoms with Crippen molar-refractivity contribution in [3.05, 3.63) is 98.7 Å². The smallest absolute Gasteiger partial charge is 0.286 e. The van der Waals surface area contributed by atoms with Gasteiger partial charge in [0.2, 0.25) is 0 Å². The second-order valence-corrected chi connectivity index (χ2v) is 8.66. The molecule has 198 valence electrons. The first-order chi connectivity index (χ1) is 18.9. The molecule has 0 radical (unpaired) electrons. The van der Waals surface area contributed by atoms with Gasteiger partial charge in [0, 0.05) is 12.6 Å². The molecule has 12 heteroatoms. The summed E-state index contributed by atoms with van der Waals surface area (Å²) in [5, 5.41) is 20.9. The molecule has 0 bridgehead atoms. The van der Waals surface area contributed by atoms with Crippen molar-refractivity contribution in [1.82, 2.24) is 24.6 Å². The number of nitrogens with one attached hydrogen (secondary N) is 1. The van der Waals surface area contributed by atoms with Gasteiger partial charge in [-0.25, -0.2) is 9.67 Å². The number of ether oxygens (including phenoxy) is 2. The third kappa shape index (κ3) is 4.87. The molecule has 0 saturated carbocycles. The molecule has 2 aromatic heterocycles. The largest absolute Gasteiger partial charge is 0.493 e. The van der Waals surface area contributed by atoms with Gasteiger partial charge in [0.05, 0.1) is 44.5 Å². The third-order valence-corrected chi connectivity index (χ3v) is 6.40. The molecular weight excluding hydrogens is 504 g/mol. The molecule has 12 nitrogen and oxygen atoms in total. The molecule has 0 aliphatic heterocycles. The molecule has 0 atom stereocenters. The summed E-state index contributed by atoms with van der Waals surface area (Å²) in [6.45, 7) is 0.631. The van der Waals surface area contributed by atoms with Crippen LogP contribution in [-0.2, 0) is 13.1 Å². The summed E-state index contributed by atoms with van der Waals surface area (Å²) >= 11 is 0. The van der Waals surface area contributed by atoms with Crippen molar-refractivity contribution in [3.8, 4) is 11.5 Å². The standard InChI is InChI=1S/C27H24N6O6/c1-38-23-12-20(22(33(36)37)13-24(23)39-2)26(34)28-10-11-32-25-21(14-30-32)27(35)31(16-29-25)15-18-8-5-7-17-6-3-4-9-19(17)18/h3-9,12-14,16H,10-11,15H2,1-2H3,(H,28,34). The average Bonchev–Trinajstić information content (AvgIpc) is 3.37. The SMILES string of the molecule is COc1cc(C(=O)NCCn2ncc3c(=O)n(Cc4cccc5ccccc45)cnc32)c([N+](=O)[O-])cc1OC. The van der Waals surface area contributed by atoms with E-state index in [0.29, 0.717) is 17.6 Å². The fourth-order valence-electron chi connectivity index (χ4n) is 4.46. The number of carbonyl (C=O) groups is 1. The number of nitro groups is 1. The average molecular weight is 529 g/mol. The Kier molecular flexibility index (Phi) is 6.91. The van der Waals surface area contributed by atoms with E-state index in [9.17, 15) is 19.7 Å². The van der Waals surface area contributed by atoms with Crippen molar-refractivity contribution < 1.29 is 19.2 Å². The van der Waals surface area contributed by atoms with Crippen LogP contribution in [0.5, 0.6) is 11.5 Å². The number of nitro benzene ring substituents is 1. The number of nitrogens with zero attached hydrogens (tertiary/aromatic N) is 5. The Hall–Kier alpha value is -5.26. The van der Waals surface area contributed by atoms with Crippen LogP contribution in [0.2, 0.25) is 0 Å². The quantitative estimate of drug-likeness (QED) is 0.227. The van der Waals surface area contributed by atoms with Crippen LogP contribution in [0.25, 0.3) is 21.8 Å². The lowest BCUT2D eigenvalue weighted by atomic mass is 10.0. The van der Waals surface area contributed by atoms with Crippen molar-refractivity contribution in [2.45, 2.75) is 13.1 Å². The third-order valence-electron chi connectivity index (χ3n) is 6.40. The molecule has 5 rings (SSSR count). The van der Waals surface area contributed by atoms with Gasteiger partial charge in [-0.15, -0.1) is 0 Å². The number of amides is 1. The molecule has 3 aromatic carbocycles. The molecule has 0 spiro atoms. The zero-order valence-corrected chi connectivity index (χ0v) is 21.2. The molecule has 1 N–H and O–H groups in total. The van der Waals surface area contributed by atoms with Crippen molar-refractivity contribution in [1.29, 1.82) is 0 Å². The topological polar surface area (TPSA) is 143 Å². The summed E-state index contributed by atoms with van der Waals surface area (Å²) in [6, 6.07) is 16.3. The minimum absolute atomic E-state index is 0.0852. The molecule has 0 fully saturated rings. The zero-order chi connectivity index (χ0) is 27.5. The number of rotatable bonds is 9. The first-order valence-electron chi connectivity index (χ1n) is 12.0. The van der Waals surface area contributed by atoms with E-state index >= 15 is 0 Å². The fraction of sp³-hybridized carbons (Fsp3) is 0.185. The van der Waals surface area contributed by atoms with Gasteiger partial charge in [-0.3, -0.25) is 24.3 Å². The Labute approximate surface area is 221 Å². The lowest BCUT2D eigenvalue weighted by Gasteiger charge is -2.11. The minimum atomic E-state index is -0.662. The van der Waals surface area contributed by atoms with Gasteiger partial charge in [-0.2, -0.15) is 5.10 Å². The fourth-order valence-corrected chi connectivity index (χ4v) is 4.46. The van der Waals surface area contributed by atoms with Crippen molar-refractivity contribution in [3.63, 3.8) is 0 Å². The highest BCUT2D eigenvalue weighted by molar-refractivity contribution is 5.99. The molecule has 0 aliphatic rings. The van der Waals surface area contributed by atoms with Gasteiger partial charge in [0.15, 0.2) is 17.1 Å². The highest BCUT2D eigenvalue weighted by Crippen LogP contribution is 2.34. The first-order valence-corrected chi connectivity index (χ1v) is 12.0. The predicted octanol–water partition coefficient (Wildman–Crippen LogP) is 3.15. The van der Waals surface area contributed by atoms with Crippen LogP contribution in [0.4, 0.5) is 5.69 Å². The van der Waals surface area contributed by atoms with E-state index in [1.807, 2.05) is 42.5 Å². The lowest BCUT2D eigenvalue weighted by molar-refractivity contribution is -0.385. The number of carbonyl (C=O) groups excluding carboxylic acids is 1. The number of fused-ring (bicyclic) bond motifs is 2. The van der Waals surface area contributed by atoms with Crippen molar-refractivity contribution in [2.24, 2.45) is 0 Å². The van der Waals surface area contributed by atoms with Crippen molar-refractivity contribution >= 4 is 33.4 Å². The van der Waals surface area contributed by atoms with E-state index in [2.05, 4.69) is 15.4 Å². The summed E-state index contributed by atoms with van der Waals surface area (Å²) in [4.78, 5) is 41.3. The van der Waals surface area contributed by atoms with E-state index in [4.69, 9.17) is 9.47 Å². The molecule has 2 heterocycles. The van der Waals surface area contributed by atoms with Crippen LogP contribution in [0.15, 0.2) is 71.9 Å². The molecule has 0 aliphatic carbocycles. The van der Waals surface area contributed by atoms with Crippen LogP contribution in [0, 0.1) is 10.1 Å². The highest BCUT2D eigenvalue weighted by atomic mass is 16.6. The molecule has 0 saturated heterocycles. The number of aromatic nitrogens is 4. The Morgan fingerprint density at radius 1 is 1.05 bits per heavy atom. The maximum atomic E-state index is 13.2. The summed E-state index contributed by atoms with van der Waals surface area (Å²) in [5.41, 5.74) is 0.556. The second kappa shape index (κ2) is 10.6. The minimum Gasteiger partial charge on any atom is -0.493 e. The molecular formula is C27H24N6O6. The Balaban J connectivity index is 1.33. The van der Waals surface area contributed by atoms with E-state index in [-0.39, 0.29) is 35.7 Å². The van der Waals surface area contributed by atoms with Gasteiger partial charge < -0.3 is 14.8 Å². The zero-order valence-electron chi connectivity index (χ0n) is 21.2. The Morgan fingerprint density at radius 3 is 2.56 bits per heavy atom. The van der Waals surface area contributed by atoms with E-state index in [1.165, 1.54) is 42.1 Å². The maximum Gasteiger partial charge on any atom is 0.286 e. The van der Waals surface area contributed by atoms with Crippen LogP contribution in [0.1, 0.15) is 15.9 Å². The summed E-state index contributed by atoms with van der Waals surface area (Å²) in [5.74, 6) is -0.333. The van der Waals surface area contributed by atoms with Crippen LogP contribution in [-0.4, -0.2) is 50.9 Å². The maximum absolute atomic E-state index is 13.2. The predicted molar refractivity (Wildman–Crippen MR) is 143 cm³/mol. The van der Waals surface area contributed by atoms with E-state index in [1.54, 1.807) is 0 Å². The van der Waals surface area contributed by atoms with E-state index in [0.717, 1.165) is 22.4 Å². The first kappa shape index (κ1) is 25.4. The molecule has 1 amide bonds. The van der Waals surface area contributed by atoms with Crippen LogP contribution in [0.3, 0.4) is 0 Å². The Morgan fingerprint density at radius 2 is 1.79 bits per heavy atom. The number of benzene rings is 3. The van der Waals surface area contributed by atoms with Crippen LogP contribution < -0.4 is 20.3 Å². The molecule has 0 unspecified atom stereocenters. The second-order valence-electron chi connectivity index (χ2n) is 8.66. The van der Waals surface area contributed by atoms with Gasteiger partial charge in [0.25, 0.3) is 17.2 Å². The summed E-state index contributed by atoms with van der Waals surface area (Å²) in [6.07, 6.45) is 2.93. The van der Waals surface area contributed by atoms with Gasteiger partial charge in [0.1, 0.15) is 17.3 Å².